The van der Waals surface area contributed by atoms with Crippen molar-refractivity contribution in [1.82, 2.24) is 25.5 Å². The van der Waals surface area contributed by atoms with Crippen LogP contribution in [0.4, 0.5) is 22.9 Å². The van der Waals surface area contributed by atoms with Crippen LogP contribution >= 0.6 is 11.6 Å². The van der Waals surface area contributed by atoms with E-state index in [1.165, 1.54) is 20.4 Å². The van der Waals surface area contributed by atoms with Crippen LogP contribution in [-0.4, -0.2) is 77.3 Å². The third kappa shape index (κ3) is 7.83. The topological polar surface area (TPSA) is 167 Å². The Morgan fingerprint density at radius 1 is 1.07 bits per heavy atom. The lowest BCUT2D eigenvalue weighted by Gasteiger charge is -2.36. The summed E-state index contributed by atoms with van der Waals surface area (Å²) in [5, 5.41) is 15.6. The largest absolute Gasteiger partial charge is 0.494 e. The summed E-state index contributed by atoms with van der Waals surface area (Å²) >= 11 is 6.44. The highest BCUT2D eigenvalue weighted by Gasteiger charge is 2.42. The van der Waals surface area contributed by atoms with Crippen molar-refractivity contribution < 1.29 is 23.9 Å². The van der Waals surface area contributed by atoms with Crippen LogP contribution < -0.4 is 31.3 Å². The Morgan fingerprint density at radius 2 is 1.80 bits per heavy atom. The summed E-state index contributed by atoms with van der Waals surface area (Å²) in [5.41, 5.74) is 1.35. The van der Waals surface area contributed by atoms with Gasteiger partial charge in [-0.2, -0.15) is 0 Å². The molecule has 4 amide bonds. The molecule has 2 aromatic carbocycles. The first-order valence-corrected chi connectivity index (χ1v) is 15.4. The first-order chi connectivity index (χ1) is 21.7. The molecular weight excluding hydrogens is 612 g/mol. The number of ether oxygens (including phenoxy) is 1. The van der Waals surface area contributed by atoms with Crippen molar-refractivity contribution in [3.05, 3.63) is 41.7 Å². The maximum Gasteiger partial charge on any atom is 0.247 e. The summed E-state index contributed by atoms with van der Waals surface area (Å²) in [6.07, 6.45) is 2.48. The van der Waals surface area contributed by atoms with Gasteiger partial charge in [0.25, 0.3) is 0 Å². The second-order valence-electron chi connectivity index (χ2n) is 12.3. The lowest BCUT2D eigenvalue weighted by Crippen LogP contribution is -2.59. The van der Waals surface area contributed by atoms with E-state index in [0.717, 1.165) is 0 Å². The van der Waals surface area contributed by atoms with Crippen molar-refractivity contribution in [2.45, 2.75) is 65.6 Å². The van der Waals surface area contributed by atoms with Crippen molar-refractivity contribution in [3.8, 4) is 5.75 Å². The first-order valence-electron chi connectivity index (χ1n) is 15.0. The SMILES string of the molecule is CN[C@@H](C)C(=O)N[C@H](C(=O)N1CCCC1C(=O)Nc1cc2c(Nc3cc(NC(C)=O)ccc3Cl)ncnc2cc1OC)C(C)(C)C. The van der Waals surface area contributed by atoms with Gasteiger partial charge in [-0.05, 0) is 56.5 Å². The molecule has 1 aliphatic heterocycles. The van der Waals surface area contributed by atoms with E-state index in [1.807, 2.05) is 20.8 Å². The lowest BCUT2D eigenvalue weighted by atomic mass is 9.85. The molecule has 0 spiro atoms. The van der Waals surface area contributed by atoms with Gasteiger partial charge in [0.15, 0.2) is 0 Å². The van der Waals surface area contributed by atoms with Gasteiger partial charge in [0.1, 0.15) is 30.0 Å². The molecule has 1 aliphatic rings. The van der Waals surface area contributed by atoms with Crippen molar-refractivity contribution in [1.29, 1.82) is 0 Å². The summed E-state index contributed by atoms with van der Waals surface area (Å²) in [6.45, 7) is 9.14. The third-order valence-corrected chi connectivity index (χ3v) is 8.15. The van der Waals surface area contributed by atoms with E-state index in [1.54, 1.807) is 49.2 Å². The third-order valence-electron chi connectivity index (χ3n) is 7.82. The molecule has 0 aliphatic carbocycles. The maximum absolute atomic E-state index is 13.9. The van der Waals surface area contributed by atoms with Crippen molar-refractivity contribution in [3.63, 3.8) is 0 Å². The Balaban J connectivity index is 1.62. The Hall–Kier alpha value is -4.49. The highest BCUT2D eigenvalue weighted by molar-refractivity contribution is 6.33. The van der Waals surface area contributed by atoms with Gasteiger partial charge in [0.2, 0.25) is 23.6 Å². The number of nitrogens with zero attached hydrogens (tertiary/aromatic N) is 3. The van der Waals surface area contributed by atoms with Crippen LogP contribution in [0.2, 0.25) is 5.02 Å². The lowest BCUT2D eigenvalue weighted by molar-refractivity contribution is -0.143. The number of halogens is 1. The summed E-state index contributed by atoms with van der Waals surface area (Å²) < 4.78 is 5.59. The molecule has 14 heteroatoms. The number of carbonyl (C=O) groups excluding carboxylic acids is 4. The van der Waals surface area contributed by atoms with Crippen molar-refractivity contribution >= 4 is 69.0 Å². The van der Waals surface area contributed by atoms with E-state index in [4.69, 9.17) is 16.3 Å². The molecule has 246 valence electrons. The van der Waals surface area contributed by atoms with E-state index >= 15 is 0 Å². The standard InChI is InChI=1S/C32H41ClN8O5/c1-17(34-6)29(43)40-27(32(3,4)5)31(45)41-12-8-9-25(41)30(44)39-24-14-20-22(15-26(24)46-7)35-16-36-28(20)38-23-13-19(37-18(2)42)10-11-21(23)33/h10-11,13-17,25,27,34H,8-9,12H2,1-7H3,(H,37,42)(H,39,44)(H,40,43)(H,35,36,38)/t17-,25?,27+/m0/s1. The molecule has 1 unspecified atom stereocenters. The van der Waals surface area contributed by atoms with Crippen LogP contribution in [0.15, 0.2) is 36.7 Å². The zero-order valence-corrected chi connectivity index (χ0v) is 27.8. The van der Waals surface area contributed by atoms with Gasteiger partial charge < -0.3 is 36.2 Å². The fraction of sp³-hybridized carbons (Fsp3) is 0.438. The summed E-state index contributed by atoms with van der Waals surface area (Å²) in [5.74, 6) is -0.450. The smallest absolute Gasteiger partial charge is 0.247 e. The van der Waals surface area contributed by atoms with E-state index in [0.29, 0.717) is 63.9 Å². The molecule has 0 bridgehead atoms. The number of amides is 4. The molecule has 13 nitrogen and oxygen atoms in total. The number of likely N-dealkylation sites (N-methyl/N-ethyl adjacent to an activating group) is 1. The number of hydrogen-bond donors (Lipinski definition) is 5. The summed E-state index contributed by atoms with van der Waals surface area (Å²) in [4.78, 5) is 62.2. The maximum atomic E-state index is 13.9. The zero-order valence-electron chi connectivity index (χ0n) is 27.1. The van der Waals surface area contributed by atoms with Gasteiger partial charge >= 0.3 is 0 Å². The Labute approximate surface area is 273 Å². The van der Waals surface area contributed by atoms with Crippen LogP contribution in [0.25, 0.3) is 10.9 Å². The van der Waals surface area contributed by atoms with Crippen LogP contribution in [0.3, 0.4) is 0 Å². The molecule has 2 heterocycles. The number of methoxy groups -OCH3 is 1. The van der Waals surface area contributed by atoms with E-state index in [2.05, 4.69) is 36.6 Å². The molecule has 0 saturated carbocycles. The Kier molecular flexibility index (Phi) is 10.7. The number of carbonyl (C=O) groups is 4. The number of likely N-dealkylation sites (tertiary alicyclic amines) is 1. The fourth-order valence-corrected chi connectivity index (χ4v) is 5.38. The van der Waals surface area contributed by atoms with Gasteiger partial charge in [-0.1, -0.05) is 32.4 Å². The van der Waals surface area contributed by atoms with E-state index < -0.39 is 23.5 Å². The molecule has 1 fully saturated rings. The molecule has 0 radical (unpaired) electrons. The number of aromatic nitrogens is 2. The number of rotatable bonds is 10. The van der Waals surface area contributed by atoms with Crippen molar-refractivity contribution in [2.24, 2.45) is 5.41 Å². The minimum Gasteiger partial charge on any atom is -0.494 e. The summed E-state index contributed by atoms with van der Waals surface area (Å²) in [6, 6.07) is 6.31. The number of nitrogens with one attached hydrogen (secondary N) is 5. The predicted octanol–water partition coefficient (Wildman–Crippen LogP) is 4.06. The first kappa shape index (κ1) is 34.4. The van der Waals surface area contributed by atoms with Crippen molar-refractivity contribution in [2.75, 3.05) is 36.7 Å². The molecule has 1 aromatic heterocycles. The number of fused-ring (bicyclic) bond motifs is 1. The Morgan fingerprint density at radius 3 is 2.46 bits per heavy atom. The fourth-order valence-electron chi connectivity index (χ4n) is 5.21. The van der Waals surface area contributed by atoms with Crippen LogP contribution in [0, 0.1) is 5.41 Å². The highest BCUT2D eigenvalue weighted by Crippen LogP contribution is 2.36. The molecule has 46 heavy (non-hydrogen) atoms. The minimum absolute atomic E-state index is 0.224. The van der Waals surface area contributed by atoms with Gasteiger partial charge in [0, 0.05) is 30.6 Å². The quantitative estimate of drug-likeness (QED) is 0.217. The molecule has 3 atom stereocenters. The van der Waals surface area contributed by atoms with Gasteiger partial charge in [-0.15, -0.1) is 0 Å². The minimum atomic E-state index is -0.832. The normalized spacial score (nSPS) is 16.0. The monoisotopic (exact) mass is 652 g/mol. The molecular formula is C32H41ClN8O5. The predicted molar refractivity (Wildman–Crippen MR) is 178 cm³/mol. The number of benzene rings is 2. The Bertz CT molecular complexity index is 1640. The molecule has 4 rings (SSSR count). The van der Waals surface area contributed by atoms with E-state index in [9.17, 15) is 19.2 Å². The van der Waals surface area contributed by atoms with E-state index in [-0.39, 0.29) is 23.6 Å². The second kappa shape index (κ2) is 14.3. The van der Waals surface area contributed by atoms with Crippen LogP contribution in [0.5, 0.6) is 5.75 Å². The average Bonchev–Trinajstić information content (AvgIpc) is 3.50. The number of anilines is 4. The number of hydrogen-bond acceptors (Lipinski definition) is 9. The van der Waals surface area contributed by atoms with Gasteiger partial charge in [0.05, 0.1) is 35.1 Å². The average molecular weight is 653 g/mol. The van der Waals surface area contributed by atoms with Crippen LogP contribution in [-0.2, 0) is 19.2 Å². The summed E-state index contributed by atoms with van der Waals surface area (Å²) in [7, 11) is 3.16. The van der Waals surface area contributed by atoms with Gasteiger partial charge in [-0.3, -0.25) is 19.2 Å². The molecule has 1 saturated heterocycles. The zero-order chi connectivity index (χ0) is 33.8. The molecule has 5 N–H and O–H groups in total. The van der Waals surface area contributed by atoms with Crippen LogP contribution in [0.1, 0.15) is 47.5 Å². The molecule has 3 aromatic rings. The second-order valence-corrected chi connectivity index (χ2v) is 12.7. The van der Waals surface area contributed by atoms with Gasteiger partial charge in [-0.25, -0.2) is 9.97 Å². The highest BCUT2D eigenvalue weighted by atomic mass is 35.5.